The SMILES string of the molecule is CNC1C(OCCC(C)C)CCCC1(C)C. The lowest BCUT2D eigenvalue weighted by molar-refractivity contribution is -0.0378. The topological polar surface area (TPSA) is 21.3 Å². The van der Waals surface area contributed by atoms with E-state index < -0.39 is 0 Å². The summed E-state index contributed by atoms with van der Waals surface area (Å²) in [5.41, 5.74) is 0.371. The molecule has 0 aliphatic heterocycles. The van der Waals surface area contributed by atoms with Crippen LogP contribution >= 0.6 is 0 Å². The molecule has 1 saturated carbocycles. The first-order valence-electron chi connectivity index (χ1n) is 6.76. The molecule has 1 rings (SSSR count). The highest BCUT2D eigenvalue weighted by molar-refractivity contribution is 4.93. The Kier molecular flexibility index (Phi) is 5.26. The van der Waals surface area contributed by atoms with Gasteiger partial charge in [0.05, 0.1) is 6.10 Å². The molecule has 1 fully saturated rings. The van der Waals surface area contributed by atoms with Gasteiger partial charge in [-0.15, -0.1) is 0 Å². The van der Waals surface area contributed by atoms with Crippen molar-refractivity contribution in [3.8, 4) is 0 Å². The molecule has 96 valence electrons. The minimum absolute atomic E-state index is 0.371. The summed E-state index contributed by atoms with van der Waals surface area (Å²) in [6.45, 7) is 10.1. The number of ether oxygens (including phenoxy) is 1. The highest BCUT2D eigenvalue weighted by atomic mass is 16.5. The van der Waals surface area contributed by atoms with Crippen molar-refractivity contribution in [2.24, 2.45) is 11.3 Å². The van der Waals surface area contributed by atoms with Crippen molar-refractivity contribution in [2.75, 3.05) is 13.7 Å². The molecule has 16 heavy (non-hydrogen) atoms. The summed E-state index contributed by atoms with van der Waals surface area (Å²) in [6, 6.07) is 0.508. The van der Waals surface area contributed by atoms with Gasteiger partial charge < -0.3 is 10.1 Å². The first kappa shape index (κ1) is 14.0. The Morgan fingerprint density at radius 3 is 2.62 bits per heavy atom. The van der Waals surface area contributed by atoms with Crippen LogP contribution in [-0.2, 0) is 4.74 Å². The van der Waals surface area contributed by atoms with Crippen molar-refractivity contribution in [3.63, 3.8) is 0 Å². The highest BCUT2D eigenvalue weighted by Crippen LogP contribution is 2.36. The zero-order chi connectivity index (χ0) is 12.2. The average molecular weight is 227 g/mol. The van der Waals surface area contributed by atoms with E-state index in [0.717, 1.165) is 12.5 Å². The van der Waals surface area contributed by atoms with Crippen LogP contribution in [0.5, 0.6) is 0 Å². The molecule has 0 bridgehead atoms. The summed E-state index contributed by atoms with van der Waals surface area (Å²) in [5, 5.41) is 3.46. The van der Waals surface area contributed by atoms with Crippen molar-refractivity contribution in [3.05, 3.63) is 0 Å². The van der Waals surface area contributed by atoms with E-state index in [9.17, 15) is 0 Å². The molecule has 2 nitrogen and oxygen atoms in total. The zero-order valence-corrected chi connectivity index (χ0v) is 11.7. The summed E-state index contributed by atoms with van der Waals surface area (Å²) >= 11 is 0. The predicted octanol–water partition coefficient (Wildman–Crippen LogP) is 3.22. The largest absolute Gasteiger partial charge is 0.377 e. The second-order valence-electron chi connectivity index (χ2n) is 6.24. The van der Waals surface area contributed by atoms with Gasteiger partial charge in [0.1, 0.15) is 0 Å². The van der Waals surface area contributed by atoms with Crippen LogP contribution in [0.25, 0.3) is 0 Å². The van der Waals surface area contributed by atoms with Crippen LogP contribution in [0, 0.1) is 11.3 Å². The Labute approximate surface area is 101 Å². The molecule has 2 atom stereocenters. The molecule has 0 aromatic heterocycles. The molecule has 0 aromatic carbocycles. The van der Waals surface area contributed by atoms with Crippen molar-refractivity contribution in [1.82, 2.24) is 5.32 Å². The number of hydrogen-bond acceptors (Lipinski definition) is 2. The van der Waals surface area contributed by atoms with Gasteiger partial charge in [-0.25, -0.2) is 0 Å². The Bertz CT molecular complexity index is 201. The van der Waals surface area contributed by atoms with Crippen LogP contribution in [0.4, 0.5) is 0 Å². The van der Waals surface area contributed by atoms with Gasteiger partial charge in [0.2, 0.25) is 0 Å². The number of hydrogen-bond donors (Lipinski definition) is 1. The molecular weight excluding hydrogens is 198 g/mol. The molecule has 0 saturated heterocycles. The maximum absolute atomic E-state index is 6.07. The Hall–Kier alpha value is -0.0800. The second kappa shape index (κ2) is 6.02. The molecule has 2 unspecified atom stereocenters. The van der Waals surface area contributed by atoms with E-state index in [2.05, 4.69) is 40.1 Å². The van der Waals surface area contributed by atoms with Crippen molar-refractivity contribution in [1.29, 1.82) is 0 Å². The predicted molar refractivity (Wildman–Crippen MR) is 69.7 cm³/mol. The van der Waals surface area contributed by atoms with E-state index in [1.165, 1.54) is 25.7 Å². The number of rotatable bonds is 5. The third-order valence-corrected chi connectivity index (χ3v) is 3.86. The summed E-state index contributed by atoms with van der Waals surface area (Å²) in [5.74, 6) is 0.740. The third-order valence-electron chi connectivity index (χ3n) is 3.86. The van der Waals surface area contributed by atoms with Gasteiger partial charge in [0.25, 0.3) is 0 Å². The smallest absolute Gasteiger partial charge is 0.0733 e. The fourth-order valence-electron chi connectivity index (χ4n) is 2.80. The van der Waals surface area contributed by atoms with Gasteiger partial charge in [-0.2, -0.15) is 0 Å². The number of likely N-dealkylation sites (N-methyl/N-ethyl adjacent to an activating group) is 1. The molecule has 1 N–H and O–H groups in total. The molecule has 1 aliphatic rings. The molecule has 0 heterocycles. The van der Waals surface area contributed by atoms with E-state index >= 15 is 0 Å². The highest BCUT2D eigenvalue weighted by Gasteiger charge is 2.38. The van der Waals surface area contributed by atoms with E-state index in [0.29, 0.717) is 17.6 Å². The Morgan fingerprint density at radius 2 is 2.06 bits per heavy atom. The molecule has 0 aromatic rings. The van der Waals surface area contributed by atoms with E-state index in [4.69, 9.17) is 4.74 Å². The van der Waals surface area contributed by atoms with Crippen LogP contribution in [0.1, 0.15) is 53.4 Å². The first-order chi connectivity index (χ1) is 7.47. The van der Waals surface area contributed by atoms with Gasteiger partial charge in [-0.1, -0.05) is 34.1 Å². The summed E-state index contributed by atoms with van der Waals surface area (Å²) in [4.78, 5) is 0. The minimum atomic E-state index is 0.371. The molecular formula is C14H29NO. The lowest BCUT2D eigenvalue weighted by Crippen LogP contribution is -2.52. The Morgan fingerprint density at radius 1 is 1.38 bits per heavy atom. The lowest BCUT2D eigenvalue weighted by atomic mass is 9.72. The molecule has 0 spiro atoms. The van der Waals surface area contributed by atoms with Crippen LogP contribution in [0.2, 0.25) is 0 Å². The van der Waals surface area contributed by atoms with Crippen LogP contribution < -0.4 is 5.32 Å². The quantitative estimate of drug-likeness (QED) is 0.778. The van der Waals surface area contributed by atoms with Crippen LogP contribution in [-0.4, -0.2) is 25.8 Å². The van der Waals surface area contributed by atoms with Gasteiger partial charge in [-0.05, 0) is 37.6 Å². The van der Waals surface area contributed by atoms with Crippen molar-refractivity contribution >= 4 is 0 Å². The monoisotopic (exact) mass is 227 g/mol. The van der Waals surface area contributed by atoms with Crippen LogP contribution in [0.3, 0.4) is 0 Å². The average Bonchev–Trinajstić information content (AvgIpc) is 2.16. The van der Waals surface area contributed by atoms with Gasteiger partial charge >= 0.3 is 0 Å². The van der Waals surface area contributed by atoms with E-state index in [1.54, 1.807) is 0 Å². The molecule has 0 amide bonds. The lowest BCUT2D eigenvalue weighted by Gasteiger charge is -2.43. The van der Waals surface area contributed by atoms with Gasteiger partial charge in [0, 0.05) is 12.6 Å². The minimum Gasteiger partial charge on any atom is -0.377 e. The van der Waals surface area contributed by atoms with Crippen molar-refractivity contribution in [2.45, 2.75) is 65.5 Å². The standard InChI is InChI=1S/C14H29NO/c1-11(2)8-10-16-12-7-6-9-14(3,4)13(12)15-5/h11-13,15H,6-10H2,1-5H3. The first-order valence-corrected chi connectivity index (χ1v) is 6.76. The van der Waals surface area contributed by atoms with E-state index in [-0.39, 0.29) is 0 Å². The summed E-state index contributed by atoms with van der Waals surface area (Å²) in [6.07, 6.45) is 5.41. The van der Waals surface area contributed by atoms with Gasteiger partial charge in [-0.3, -0.25) is 0 Å². The zero-order valence-electron chi connectivity index (χ0n) is 11.7. The maximum Gasteiger partial charge on any atom is 0.0733 e. The summed E-state index contributed by atoms with van der Waals surface area (Å²) < 4.78 is 6.07. The van der Waals surface area contributed by atoms with E-state index in [1.807, 2.05) is 0 Å². The fraction of sp³-hybridized carbons (Fsp3) is 1.00. The maximum atomic E-state index is 6.07. The van der Waals surface area contributed by atoms with Crippen molar-refractivity contribution < 1.29 is 4.74 Å². The number of nitrogens with one attached hydrogen (secondary N) is 1. The van der Waals surface area contributed by atoms with Gasteiger partial charge in [0.15, 0.2) is 0 Å². The normalized spacial score (nSPS) is 29.6. The van der Waals surface area contributed by atoms with Crippen LogP contribution in [0.15, 0.2) is 0 Å². The molecule has 2 heteroatoms. The second-order valence-corrected chi connectivity index (χ2v) is 6.24. The molecule has 0 radical (unpaired) electrons. The Balaban J connectivity index is 2.44. The third kappa shape index (κ3) is 3.74. The summed E-state index contributed by atoms with van der Waals surface area (Å²) in [7, 11) is 2.07. The molecule has 1 aliphatic carbocycles. The fourth-order valence-corrected chi connectivity index (χ4v) is 2.80.